The van der Waals surface area contributed by atoms with Crippen molar-refractivity contribution < 1.29 is 4.79 Å². The highest BCUT2D eigenvalue weighted by molar-refractivity contribution is 5.98. The quantitative estimate of drug-likeness (QED) is 0.725. The molecule has 0 saturated heterocycles. The summed E-state index contributed by atoms with van der Waals surface area (Å²) in [5.41, 5.74) is 8.94. The van der Waals surface area contributed by atoms with E-state index in [4.69, 9.17) is 5.73 Å². The summed E-state index contributed by atoms with van der Waals surface area (Å²) in [6.07, 6.45) is 1.46. The van der Waals surface area contributed by atoms with Crippen molar-refractivity contribution in [3.05, 3.63) is 28.7 Å². The van der Waals surface area contributed by atoms with E-state index in [1.165, 1.54) is 10.9 Å². The van der Waals surface area contributed by atoms with Gasteiger partial charge in [0.05, 0.1) is 11.9 Å². The number of aromatic nitrogens is 4. The van der Waals surface area contributed by atoms with E-state index in [9.17, 15) is 4.79 Å². The highest BCUT2D eigenvalue weighted by Crippen LogP contribution is 2.11. The van der Waals surface area contributed by atoms with Crippen LogP contribution in [0.3, 0.4) is 0 Å². The Morgan fingerprint density at radius 3 is 2.78 bits per heavy atom. The third-order valence-corrected chi connectivity index (χ3v) is 2.94. The third kappa shape index (κ3) is 2.06. The Balaban J connectivity index is 2.07. The molecule has 0 spiro atoms. The zero-order valence-corrected chi connectivity index (χ0v) is 10.6. The third-order valence-electron chi connectivity index (χ3n) is 2.94. The van der Waals surface area contributed by atoms with Crippen molar-refractivity contribution in [2.24, 2.45) is 7.05 Å². The van der Waals surface area contributed by atoms with Crippen LogP contribution in [-0.2, 0) is 13.6 Å². The number of hydrogen-bond donors (Lipinski definition) is 3. The van der Waals surface area contributed by atoms with Crippen LogP contribution in [0, 0.1) is 13.8 Å². The second kappa shape index (κ2) is 4.52. The van der Waals surface area contributed by atoms with Gasteiger partial charge in [-0.2, -0.15) is 10.2 Å². The van der Waals surface area contributed by atoms with Crippen LogP contribution in [0.5, 0.6) is 0 Å². The number of aromatic amines is 1. The first kappa shape index (κ1) is 12.2. The van der Waals surface area contributed by atoms with E-state index >= 15 is 0 Å². The van der Waals surface area contributed by atoms with Gasteiger partial charge in [0.15, 0.2) is 0 Å². The lowest BCUT2D eigenvalue weighted by Crippen LogP contribution is -2.24. The fraction of sp³-hybridized carbons (Fsp3) is 0.364. The average Bonchev–Trinajstić information content (AvgIpc) is 2.82. The number of nitrogens with one attached hydrogen (secondary N) is 2. The summed E-state index contributed by atoms with van der Waals surface area (Å²) in [5, 5.41) is 13.7. The molecule has 7 nitrogen and oxygen atoms in total. The van der Waals surface area contributed by atoms with Gasteiger partial charge in [-0.25, -0.2) is 0 Å². The number of carbonyl (C=O) groups excluding carboxylic acids is 1. The monoisotopic (exact) mass is 248 g/mol. The predicted octanol–water partition coefficient (Wildman–Crippen LogP) is 0.272. The Kier molecular flexibility index (Phi) is 3.05. The van der Waals surface area contributed by atoms with Crippen molar-refractivity contribution in [3.8, 4) is 0 Å². The minimum absolute atomic E-state index is 0.236. The minimum atomic E-state index is -0.236. The number of hydrogen-bond acceptors (Lipinski definition) is 4. The first-order valence-electron chi connectivity index (χ1n) is 5.56. The lowest BCUT2D eigenvalue weighted by Gasteiger charge is -2.05. The van der Waals surface area contributed by atoms with Gasteiger partial charge < -0.3 is 11.1 Å². The molecule has 0 unspecified atom stereocenters. The number of anilines is 1. The van der Waals surface area contributed by atoms with Crippen molar-refractivity contribution in [1.82, 2.24) is 25.3 Å². The average molecular weight is 248 g/mol. The Bertz CT molecular complexity index is 563. The van der Waals surface area contributed by atoms with Crippen LogP contribution in [0.4, 0.5) is 5.82 Å². The summed E-state index contributed by atoms with van der Waals surface area (Å²) in [6.45, 7) is 4.23. The molecule has 0 fully saturated rings. The number of amides is 1. The van der Waals surface area contributed by atoms with Crippen LogP contribution in [-0.4, -0.2) is 25.9 Å². The zero-order valence-electron chi connectivity index (χ0n) is 10.6. The molecule has 2 heterocycles. The topological polar surface area (TPSA) is 102 Å². The van der Waals surface area contributed by atoms with Crippen molar-refractivity contribution in [1.29, 1.82) is 0 Å². The molecule has 0 aromatic carbocycles. The summed E-state index contributed by atoms with van der Waals surface area (Å²) in [4.78, 5) is 11.9. The molecule has 0 bridgehead atoms. The molecular formula is C11H16N6O. The van der Waals surface area contributed by atoms with E-state index < -0.39 is 0 Å². The van der Waals surface area contributed by atoms with Crippen molar-refractivity contribution in [2.75, 3.05) is 5.73 Å². The predicted molar refractivity (Wildman–Crippen MR) is 66.9 cm³/mol. The number of carbonyl (C=O) groups is 1. The van der Waals surface area contributed by atoms with Crippen LogP contribution >= 0.6 is 0 Å². The number of nitrogens with zero attached hydrogens (tertiary/aromatic N) is 3. The Hall–Kier alpha value is -2.31. The Labute approximate surface area is 104 Å². The van der Waals surface area contributed by atoms with Crippen LogP contribution in [0.15, 0.2) is 6.20 Å². The van der Waals surface area contributed by atoms with Crippen LogP contribution in [0.25, 0.3) is 0 Å². The molecule has 0 atom stereocenters. The molecular weight excluding hydrogens is 232 g/mol. The fourth-order valence-corrected chi connectivity index (χ4v) is 1.72. The molecule has 2 rings (SSSR count). The highest BCUT2D eigenvalue weighted by atomic mass is 16.1. The number of nitrogens with two attached hydrogens (primary N) is 1. The zero-order chi connectivity index (χ0) is 13.3. The highest BCUT2D eigenvalue weighted by Gasteiger charge is 2.14. The van der Waals surface area contributed by atoms with E-state index in [0.29, 0.717) is 17.9 Å². The molecule has 1 amide bonds. The molecule has 0 aliphatic rings. The van der Waals surface area contributed by atoms with Gasteiger partial charge in [-0.15, -0.1) is 0 Å². The normalized spacial score (nSPS) is 10.6. The van der Waals surface area contributed by atoms with Gasteiger partial charge in [0.1, 0.15) is 11.4 Å². The first-order chi connectivity index (χ1) is 8.50. The van der Waals surface area contributed by atoms with Gasteiger partial charge >= 0.3 is 0 Å². The molecule has 0 aliphatic heterocycles. The molecule has 2 aromatic rings. The van der Waals surface area contributed by atoms with Gasteiger partial charge in [0.25, 0.3) is 5.91 Å². The SMILES string of the molecule is Cc1n[nH]c(C)c1CNC(=O)c1cnn(C)c1N. The van der Waals surface area contributed by atoms with Crippen molar-refractivity contribution >= 4 is 11.7 Å². The second-order valence-corrected chi connectivity index (χ2v) is 4.16. The number of H-pyrrole nitrogens is 1. The minimum Gasteiger partial charge on any atom is -0.383 e. The standard InChI is InChI=1S/C11H16N6O/c1-6-8(7(2)16-15-6)4-13-11(18)9-5-14-17(3)10(9)12/h5H,4,12H2,1-3H3,(H,13,18)(H,15,16). The van der Waals surface area contributed by atoms with E-state index in [-0.39, 0.29) is 5.91 Å². The number of aryl methyl sites for hydroxylation is 3. The first-order valence-corrected chi connectivity index (χ1v) is 5.56. The summed E-state index contributed by atoms with van der Waals surface area (Å²) < 4.78 is 1.46. The van der Waals surface area contributed by atoms with Gasteiger partial charge in [-0.3, -0.25) is 14.6 Å². The maximum Gasteiger partial charge on any atom is 0.256 e. The van der Waals surface area contributed by atoms with E-state index in [1.807, 2.05) is 13.8 Å². The fourth-order valence-electron chi connectivity index (χ4n) is 1.72. The van der Waals surface area contributed by atoms with Crippen LogP contribution in [0.2, 0.25) is 0 Å². The molecule has 2 aromatic heterocycles. The second-order valence-electron chi connectivity index (χ2n) is 4.16. The smallest absolute Gasteiger partial charge is 0.256 e. The van der Waals surface area contributed by atoms with Gasteiger partial charge in [0.2, 0.25) is 0 Å². The van der Waals surface area contributed by atoms with Gasteiger partial charge in [-0.05, 0) is 13.8 Å². The molecule has 4 N–H and O–H groups in total. The summed E-state index contributed by atoms with van der Waals surface area (Å²) in [7, 11) is 1.69. The van der Waals surface area contributed by atoms with E-state index in [2.05, 4.69) is 20.6 Å². The maximum absolute atomic E-state index is 11.9. The van der Waals surface area contributed by atoms with Gasteiger partial charge in [0, 0.05) is 24.8 Å². The molecule has 0 saturated carbocycles. The summed E-state index contributed by atoms with van der Waals surface area (Å²) in [5.74, 6) is 0.119. The number of rotatable bonds is 3. The van der Waals surface area contributed by atoms with E-state index in [0.717, 1.165) is 17.0 Å². The maximum atomic E-state index is 11.9. The van der Waals surface area contributed by atoms with Crippen molar-refractivity contribution in [3.63, 3.8) is 0 Å². The van der Waals surface area contributed by atoms with E-state index in [1.54, 1.807) is 7.05 Å². The molecule has 7 heteroatoms. The Morgan fingerprint density at radius 2 is 2.28 bits per heavy atom. The lowest BCUT2D eigenvalue weighted by molar-refractivity contribution is 0.0951. The van der Waals surface area contributed by atoms with Gasteiger partial charge in [-0.1, -0.05) is 0 Å². The number of nitrogen functional groups attached to an aromatic ring is 1. The largest absolute Gasteiger partial charge is 0.383 e. The van der Waals surface area contributed by atoms with Crippen LogP contribution < -0.4 is 11.1 Å². The molecule has 0 aliphatic carbocycles. The summed E-state index contributed by atoms with van der Waals surface area (Å²) in [6, 6.07) is 0. The van der Waals surface area contributed by atoms with Crippen molar-refractivity contribution in [2.45, 2.75) is 20.4 Å². The lowest BCUT2D eigenvalue weighted by atomic mass is 10.2. The molecule has 96 valence electrons. The van der Waals surface area contributed by atoms with Crippen LogP contribution in [0.1, 0.15) is 27.3 Å². The summed E-state index contributed by atoms with van der Waals surface area (Å²) >= 11 is 0. The molecule has 0 radical (unpaired) electrons. The molecule has 18 heavy (non-hydrogen) atoms. The Morgan fingerprint density at radius 1 is 1.56 bits per heavy atom.